The Bertz CT molecular complexity index is 992. The highest BCUT2D eigenvalue weighted by Gasteiger charge is 2.27. The van der Waals surface area contributed by atoms with Crippen molar-refractivity contribution < 1.29 is 18.7 Å². The Balaban J connectivity index is 1.25. The van der Waals surface area contributed by atoms with Crippen molar-refractivity contribution in [3.63, 3.8) is 0 Å². The maximum absolute atomic E-state index is 12.6. The minimum Gasteiger partial charge on any atom is -0.481 e. The van der Waals surface area contributed by atoms with Gasteiger partial charge in [0.25, 0.3) is 11.8 Å². The summed E-state index contributed by atoms with van der Waals surface area (Å²) in [5, 5.41) is 3.05. The van der Waals surface area contributed by atoms with Crippen LogP contribution < -0.4 is 10.1 Å². The average molecular weight is 418 g/mol. The molecule has 3 aromatic rings. The molecule has 4 rings (SSSR count). The quantitative estimate of drug-likeness (QED) is 0.653. The first-order chi connectivity index (χ1) is 15.1. The fourth-order valence-corrected chi connectivity index (χ4v) is 3.72. The average Bonchev–Trinajstić information content (AvgIpc) is 3.35. The van der Waals surface area contributed by atoms with Gasteiger partial charge in [0.2, 0.25) is 0 Å². The Labute approximate surface area is 181 Å². The molecule has 1 aromatic heterocycles. The van der Waals surface area contributed by atoms with E-state index < -0.39 is 6.10 Å². The molecule has 2 amide bonds. The van der Waals surface area contributed by atoms with Gasteiger partial charge in [-0.25, -0.2) is 0 Å². The van der Waals surface area contributed by atoms with Gasteiger partial charge in [-0.15, -0.1) is 0 Å². The molecule has 31 heavy (non-hydrogen) atoms. The van der Waals surface area contributed by atoms with E-state index in [0.29, 0.717) is 37.4 Å². The molecule has 1 saturated heterocycles. The third kappa shape index (κ3) is 5.15. The maximum Gasteiger partial charge on any atom is 0.289 e. The number of furan rings is 1. The second-order valence-electron chi connectivity index (χ2n) is 7.70. The molecular weight excluding hydrogens is 392 g/mol. The lowest BCUT2D eigenvalue weighted by Crippen LogP contribution is -2.49. The van der Waals surface area contributed by atoms with E-state index in [9.17, 15) is 9.59 Å². The zero-order valence-electron chi connectivity index (χ0n) is 17.5. The number of hydrogen-bond donors (Lipinski definition) is 1. The SMILES string of the molecule is CC(Oc1ccc(-c2ccccc2)cc1)C(=O)NC1CCN(C(=O)c2ccco2)CC1. The van der Waals surface area contributed by atoms with Crippen molar-refractivity contribution in [1.29, 1.82) is 0 Å². The predicted octanol–water partition coefficient (Wildman–Crippen LogP) is 4.13. The van der Waals surface area contributed by atoms with E-state index in [2.05, 4.69) is 17.4 Å². The van der Waals surface area contributed by atoms with Crippen LogP contribution in [0, 0.1) is 0 Å². The zero-order valence-corrected chi connectivity index (χ0v) is 17.5. The predicted molar refractivity (Wildman–Crippen MR) is 118 cm³/mol. The van der Waals surface area contributed by atoms with E-state index >= 15 is 0 Å². The van der Waals surface area contributed by atoms with E-state index in [-0.39, 0.29) is 17.9 Å². The van der Waals surface area contributed by atoms with Gasteiger partial charge >= 0.3 is 0 Å². The number of rotatable bonds is 6. The van der Waals surface area contributed by atoms with Crippen molar-refractivity contribution in [2.45, 2.75) is 31.9 Å². The minimum absolute atomic E-state index is 0.0275. The Kier molecular flexibility index (Phi) is 6.36. The van der Waals surface area contributed by atoms with Crippen molar-refractivity contribution in [1.82, 2.24) is 10.2 Å². The fourth-order valence-electron chi connectivity index (χ4n) is 3.72. The molecule has 1 aliphatic heterocycles. The summed E-state index contributed by atoms with van der Waals surface area (Å²) in [7, 11) is 0. The first-order valence-electron chi connectivity index (χ1n) is 10.6. The van der Waals surface area contributed by atoms with Crippen LogP contribution in [0.1, 0.15) is 30.3 Å². The van der Waals surface area contributed by atoms with Crippen LogP contribution in [0.4, 0.5) is 0 Å². The van der Waals surface area contributed by atoms with Gasteiger partial charge in [0, 0.05) is 19.1 Å². The van der Waals surface area contributed by atoms with Crippen molar-refractivity contribution >= 4 is 11.8 Å². The van der Waals surface area contributed by atoms with Gasteiger partial charge in [-0.05, 0) is 55.2 Å². The van der Waals surface area contributed by atoms with Gasteiger partial charge in [0.05, 0.1) is 6.26 Å². The standard InChI is InChI=1S/C25H26N2O4/c1-18(31-22-11-9-20(10-12-22)19-6-3-2-4-7-19)24(28)26-21-13-15-27(16-14-21)25(29)23-8-5-17-30-23/h2-12,17-18,21H,13-16H2,1H3,(H,26,28). The van der Waals surface area contributed by atoms with Gasteiger partial charge in [0.15, 0.2) is 11.9 Å². The highest BCUT2D eigenvalue weighted by atomic mass is 16.5. The topological polar surface area (TPSA) is 71.8 Å². The van der Waals surface area contributed by atoms with Gasteiger partial charge < -0.3 is 19.4 Å². The van der Waals surface area contributed by atoms with Crippen LogP contribution in [0.3, 0.4) is 0 Å². The molecule has 1 aliphatic rings. The number of nitrogens with zero attached hydrogens (tertiary/aromatic N) is 1. The number of hydrogen-bond acceptors (Lipinski definition) is 4. The van der Waals surface area contributed by atoms with Crippen molar-refractivity contribution in [2.75, 3.05) is 13.1 Å². The summed E-state index contributed by atoms with van der Waals surface area (Å²) in [4.78, 5) is 26.7. The van der Waals surface area contributed by atoms with E-state index in [1.165, 1.54) is 6.26 Å². The highest BCUT2D eigenvalue weighted by molar-refractivity contribution is 5.91. The number of likely N-dealkylation sites (tertiary alicyclic amines) is 1. The maximum atomic E-state index is 12.6. The molecule has 0 bridgehead atoms. The second kappa shape index (κ2) is 9.51. The van der Waals surface area contributed by atoms with Crippen LogP contribution in [0.15, 0.2) is 77.4 Å². The first kappa shape index (κ1) is 20.7. The lowest BCUT2D eigenvalue weighted by molar-refractivity contribution is -0.128. The van der Waals surface area contributed by atoms with Crippen molar-refractivity contribution in [2.24, 2.45) is 0 Å². The molecule has 0 spiro atoms. The van der Waals surface area contributed by atoms with Gasteiger partial charge in [-0.1, -0.05) is 42.5 Å². The largest absolute Gasteiger partial charge is 0.481 e. The number of ether oxygens (including phenoxy) is 1. The molecule has 0 aliphatic carbocycles. The van der Waals surface area contributed by atoms with Crippen LogP contribution in [0.25, 0.3) is 11.1 Å². The van der Waals surface area contributed by atoms with E-state index in [1.54, 1.807) is 24.0 Å². The Morgan fingerprint density at radius 2 is 1.65 bits per heavy atom. The normalized spacial score (nSPS) is 15.3. The zero-order chi connectivity index (χ0) is 21.6. The van der Waals surface area contributed by atoms with Crippen molar-refractivity contribution in [3.05, 3.63) is 78.8 Å². The lowest BCUT2D eigenvalue weighted by atomic mass is 10.0. The molecule has 6 heteroatoms. The summed E-state index contributed by atoms with van der Waals surface area (Å²) in [5.41, 5.74) is 2.23. The summed E-state index contributed by atoms with van der Waals surface area (Å²) in [6, 6.07) is 21.2. The smallest absolute Gasteiger partial charge is 0.289 e. The molecule has 160 valence electrons. The summed E-state index contributed by atoms with van der Waals surface area (Å²) < 4.78 is 11.0. The lowest BCUT2D eigenvalue weighted by Gasteiger charge is -2.32. The number of piperidine rings is 1. The molecule has 0 radical (unpaired) electrons. The Morgan fingerprint density at radius 3 is 2.29 bits per heavy atom. The molecule has 0 saturated carbocycles. The van der Waals surface area contributed by atoms with Crippen LogP contribution >= 0.6 is 0 Å². The molecule has 1 unspecified atom stereocenters. The van der Waals surface area contributed by atoms with E-state index in [1.807, 2.05) is 42.5 Å². The monoisotopic (exact) mass is 418 g/mol. The van der Waals surface area contributed by atoms with Gasteiger partial charge in [-0.2, -0.15) is 0 Å². The van der Waals surface area contributed by atoms with Crippen LogP contribution in [0.2, 0.25) is 0 Å². The third-order valence-electron chi connectivity index (χ3n) is 5.50. The van der Waals surface area contributed by atoms with Gasteiger partial charge in [-0.3, -0.25) is 9.59 Å². The number of nitrogens with one attached hydrogen (secondary N) is 1. The third-order valence-corrected chi connectivity index (χ3v) is 5.50. The van der Waals surface area contributed by atoms with Crippen molar-refractivity contribution in [3.8, 4) is 16.9 Å². The number of carbonyl (C=O) groups excluding carboxylic acids is 2. The highest BCUT2D eigenvalue weighted by Crippen LogP contribution is 2.23. The molecule has 1 fully saturated rings. The molecule has 1 N–H and O–H groups in total. The van der Waals surface area contributed by atoms with Gasteiger partial charge in [0.1, 0.15) is 5.75 Å². The van der Waals surface area contributed by atoms with Crippen LogP contribution in [-0.4, -0.2) is 41.9 Å². The number of carbonyl (C=O) groups is 2. The first-order valence-corrected chi connectivity index (χ1v) is 10.6. The molecular formula is C25H26N2O4. The summed E-state index contributed by atoms with van der Waals surface area (Å²) in [6.07, 6.45) is 2.30. The Hall–Kier alpha value is -3.54. The second-order valence-corrected chi connectivity index (χ2v) is 7.70. The minimum atomic E-state index is -0.606. The summed E-state index contributed by atoms with van der Waals surface area (Å²) in [6.45, 7) is 2.91. The molecule has 2 heterocycles. The summed E-state index contributed by atoms with van der Waals surface area (Å²) >= 11 is 0. The number of amides is 2. The van der Waals surface area contributed by atoms with Crippen LogP contribution in [-0.2, 0) is 4.79 Å². The van der Waals surface area contributed by atoms with E-state index in [4.69, 9.17) is 9.15 Å². The molecule has 1 atom stereocenters. The molecule has 6 nitrogen and oxygen atoms in total. The van der Waals surface area contributed by atoms with Crippen LogP contribution in [0.5, 0.6) is 5.75 Å². The summed E-state index contributed by atoms with van der Waals surface area (Å²) in [5.74, 6) is 0.748. The van der Waals surface area contributed by atoms with E-state index in [0.717, 1.165) is 11.1 Å². The Morgan fingerprint density at radius 1 is 0.968 bits per heavy atom. The fraction of sp³-hybridized carbons (Fsp3) is 0.280. The number of benzene rings is 2. The molecule has 2 aromatic carbocycles.